The topological polar surface area (TPSA) is 37.8 Å². The zero-order valence-electron chi connectivity index (χ0n) is 15.5. The van der Waals surface area contributed by atoms with Crippen molar-refractivity contribution in [3.05, 3.63) is 64.9 Å². The van der Waals surface area contributed by atoms with E-state index in [2.05, 4.69) is 22.4 Å². The molecule has 2 aromatic carbocycles. The van der Waals surface area contributed by atoms with E-state index in [0.29, 0.717) is 11.6 Å². The third-order valence-corrected chi connectivity index (χ3v) is 6.36. The Kier molecular flexibility index (Phi) is 5.48. The van der Waals surface area contributed by atoms with Crippen molar-refractivity contribution in [1.82, 2.24) is 10.2 Å². The summed E-state index contributed by atoms with van der Waals surface area (Å²) < 4.78 is 14.7. The number of halogens is 1. The molecule has 1 fully saturated rings. The van der Waals surface area contributed by atoms with Gasteiger partial charge in [0.05, 0.1) is 0 Å². The molecule has 1 saturated carbocycles. The number of aromatic nitrogens is 2. The fraction of sp³-hybridized carbons (Fsp3) is 0.364. The first kappa shape index (κ1) is 18.1. The predicted molar refractivity (Wildman–Crippen MR) is 110 cm³/mol. The Bertz CT molecular complexity index is 888. The number of nitrogens with one attached hydrogen (secondary N) is 1. The van der Waals surface area contributed by atoms with Gasteiger partial charge in [-0.2, -0.15) is 0 Å². The fourth-order valence-corrected chi connectivity index (χ4v) is 4.58. The van der Waals surface area contributed by atoms with Crippen LogP contribution in [0.25, 0.3) is 11.1 Å². The Morgan fingerprint density at radius 2 is 1.81 bits per heavy atom. The highest BCUT2D eigenvalue weighted by molar-refractivity contribution is 7.15. The van der Waals surface area contributed by atoms with Crippen molar-refractivity contribution in [3.8, 4) is 11.1 Å². The molecule has 0 bridgehead atoms. The van der Waals surface area contributed by atoms with Gasteiger partial charge >= 0.3 is 0 Å². The lowest BCUT2D eigenvalue weighted by molar-refractivity contribution is 0.462. The van der Waals surface area contributed by atoms with E-state index in [1.54, 1.807) is 17.4 Å². The van der Waals surface area contributed by atoms with E-state index in [1.807, 2.05) is 42.5 Å². The molecular formula is C22H24FN3S. The molecule has 0 aliphatic heterocycles. The van der Waals surface area contributed by atoms with Crippen molar-refractivity contribution < 1.29 is 4.39 Å². The number of benzene rings is 2. The normalized spacial score (nSPS) is 16.2. The monoisotopic (exact) mass is 381 g/mol. The smallest absolute Gasteiger partial charge is 0.205 e. The Morgan fingerprint density at radius 1 is 1.04 bits per heavy atom. The van der Waals surface area contributed by atoms with Gasteiger partial charge in [0.25, 0.3) is 0 Å². The standard InChI is InChI=1S/C22H24FN3S/c1-15(21-25-26-22(27-21)24-18-10-6-3-7-11-18)17-12-13-19(20(23)14-17)16-8-4-2-5-9-16/h2,4-5,8-9,12-15,18H,3,6-7,10-11H2,1H3,(H,24,26). The second-order valence-corrected chi connectivity index (χ2v) is 8.26. The number of hydrogen-bond acceptors (Lipinski definition) is 4. The molecule has 0 spiro atoms. The first-order valence-corrected chi connectivity index (χ1v) is 10.5. The number of hydrogen-bond donors (Lipinski definition) is 1. The molecule has 1 N–H and O–H groups in total. The molecule has 1 aromatic heterocycles. The average molecular weight is 382 g/mol. The zero-order chi connectivity index (χ0) is 18.6. The lowest BCUT2D eigenvalue weighted by Gasteiger charge is -2.21. The summed E-state index contributed by atoms with van der Waals surface area (Å²) in [5, 5.41) is 14.0. The van der Waals surface area contributed by atoms with Crippen molar-refractivity contribution in [1.29, 1.82) is 0 Å². The summed E-state index contributed by atoms with van der Waals surface area (Å²) in [5.41, 5.74) is 2.44. The van der Waals surface area contributed by atoms with Gasteiger partial charge < -0.3 is 5.32 Å². The van der Waals surface area contributed by atoms with Gasteiger partial charge in [-0.25, -0.2) is 4.39 Å². The van der Waals surface area contributed by atoms with Crippen LogP contribution in [0.4, 0.5) is 9.52 Å². The van der Waals surface area contributed by atoms with E-state index in [9.17, 15) is 4.39 Å². The highest BCUT2D eigenvalue weighted by Crippen LogP contribution is 2.32. The summed E-state index contributed by atoms with van der Waals surface area (Å²) in [6.07, 6.45) is 6.31. The second-order valence-electron chi connectivity index (χ2n) is 7.25. The maximum Gasteiger partial charge on any atom is 0.205 e. The van der Waals surface area contributed by atoms with Gasteiger partial charge in [-0.3, -0.25) is 0 Å². The molecule has 1 heterocycles. The summed E-state index contributed by atoms with van der Waals surface area (Å²) in [7, 11) is 0. The zero-order valence-corrected chi connectivity index (χ0v) is 16.3. The van der Waals surface area contributed by atoms with Crippen LogP contribution in [-0.2, 0) is 0 Å². The maximum atomic E-state index is 14.7. The van der Waals surface area contributed by atoms with Gasteiger partial charge in [0.2, 0.25) is 5.13 Å². The van der Waals surface area contributed by atoms with Gasteiger partial charge in [-0.05, 0) is 30.0 Å². The van der Waals surface area contributed by atoms with Crippen molar-refractivity contribution in [3.63, 3.8) is 0 Å². The summed E-state index contributed by atoms with van der Waals surface area (Å²) in [5.74, 6) is -0.181. The van der Waals surface area contributed by atoms with Gasteiger partial charge in [0.15, 0.2) is 0 Å². The molecular weight excluding hydrogens is 357 g/mol. The molecule has 1 aliphatic carbocycles. The molecule has 5 heteroatoms. The van der Waals surface area contributed by atoms with Crippen LogP contribution in [0.15, 0.2) is 48.5 Å². The molecule has 1 unspecified atom stereocenters. The summed E-state index contributed by atoms with van der Waals surface area (Å²) in [6, 6.07) is 15.6. The lowest BCUT2D eigenvalue weighted by atomic mass is 9.96. The molecule has 27 heavy (non-hydrogen) atoms. The third-order valence-electron chi connectivity index (χ3n) is 5.32. The predicted octanol–water partition coefficient (Wildman–Crippen LogP) is 6.24. The molecule has 0 amide bonds. The largest absolute Gasteiger partial charge is 0.357 e. The van der Waals surface area contributed by atoms with Crippen molar-refractivity contribution in [2.24, 2.45) is 0 Å². The van der Waals surface area contributed by atoms with Crippen LogP contribution in [0.2, 0.25) is 0 Å². The van der Waals surface area contributed by atoms with Crippen molar-refractivity contribution in [2.75, 3.05) is 5.32 Å². The first-order chi connectivity index (χ1) is 13.2. The van der Waals surface area contributed by atoms with Gasteiger partial charge in [-0.15, -0.1) is 10.2 Å². The Hall–Kier alpha value is -2.27. The minimum atomic E-state index is -0.199. The molecule has 0 radical (unpaired) electrons. The van der Waals surface area contributed by atoms with Crippen LogP contribution in [0, 0.1) is 5.82 Å². The minimum absolute atomic E-state index is 0.0173. The van der Waals surface area contributed by atoms with E-state index in [-0.39, 0.29) is 11.7 Å². The van der Waals surface area contributed by atoms with E-state index in [0.717, 1.165) is 21.3 Å². The first-order valence-electron chi connectivity index (χ1n) is 9.65. The molecule has 1 atom stereocenters. The Labute approximate surface area is 163 Å². The molecule has 0 saturated heterocycles. The van der Waals surface area contributed by atoms with Crippen LogP contribution < -0.4 is 5.32 Å². The molecule has 3 nitrogen and oxygen atoms in total. The fourth-order valence-electron chi connectivity index (χ4n) is 3.68. The molecule has 140 valence electrons. The maximum absolute atomic E-state index is 14.7. The van der Waals surface area contributed by atoms with Gasteiger partial charge in [-0.1, -0.05) is 80.0 Å². The quantitative estimate of drug-likeness (QED) is 0.568. The molecule has 3 aromatic rings. The van der Waals surface area contributed by atoms with Crippen LogP contribution in [0.5, 0.6) is 0 Å². The number of anilines is 1. The van der Waals surface area contributed by atoms with Crippen molar-refractivity contribution >= 4 is 16.5 Å². The summed E-state index contributed by atoms with van der Waals surface area (Å²) in [6.45, 7) is 2.06. The number of rotatable bonds is 5. The minimum Gasteiger partial charge on any atom is -0.357 e. The number of nitrogens with zero attached hydrogens (tertiary/aromatic N) is 2. The van der Waals surface area contributed by atoms with E-state index in [1.165, 1.54) is 32.1 Å². The second kappa shape index (κ2) is 8.17. The van der Waals surface area contributed by atoms with Gasteiger partial charge in [0, 0.05) is 17.5 Å². The Balaban J connectivity index is 1.49. The van der Waals surface area contributed by atoms with E-state index in [4.69, 9.17) is 0 Å². The Morgan fingerprint density at radius 3 is 2.56 bits per heavy atom. The lowest BCUT2D eigenvalue weighted by Crippen LogP contribution is -2.21. The average Bonchev–Trinajstić information content (AvgIpc) is 3.17. The van der Waals surface area contributed by atoms with Crippen LogP contribution in [0.1, 0.15) is 55.5 Å². The third kappa shape index (κ3) is 4.19. The summed E-state index contributed by atoms with van der Waals surface area (Å²) >= 11 is 1.58. The summed E-state index contributed by atoms with van der Waals surface area (Å²) in [4.78, 5) is 0. The highest BCUT2D eigenvalue weighted by Gasteiger charge is 2.19. The highest BCUT2D eigenvalue weighted by atomic mass is 32.1. The van der Waals surface area contributed by atoms with Crippen LogP contribution in [-0.4, -0.2) is 16.2 Å². The van der Waals surface area contributed by atoms with E-state index < -0.39 is 0 Å². The van der Waals surface area contributed by atoms with E-state index >= 15 is 0 Å². The van der Waals surface area contributed by atoms with Crippen LogP contribution in [0.3, 0.4) is 0 Å². The molecule has 4 rings (SSSR count). The van der Waals surface area contributed by atoms with Crippen molar-refractivity contribution in [2.45, 2.75) is 51.0 Å². The van der Waals surface area contributed by atoms with Crippen LogP contribution >= 0.6 is 11.3 Å². The molecule has 1 aliphatic rings. The van der Waals surface area contributed by atoms with Gasteiger partial charge in [0.1, 0.15) is 10.8 Å². The SMILES string of the molecule is CC(c1ccc(-c2ccccc2)c(F)c1)c1nnc(NC2CCCCC2)s1.